The second-order valence-electron chi connectivity index (χ2n) is 6.27. The zero-order valence-corrected chi connectivity index (χ0v) is 14.9. The molecule has 5 nitrogen and oxygen atoms in total. The average Bonchev–Trinajstić information content (AvgIpc) is 3.05. The van der Waals surface area contributed by atoms with E-state index in [-0.39, 0.29) is 11.9 Å². The van der Waals surface area contributed by atoms with E-state index < -0.39 is 0 Å². The maximum atomic E-state index is 10.4. The molecule has 0 unspecified atom stereocenters. The van der Waals surface area contributed by atoms with E-state index in [1.165, 1.54) is 24.1 Å². The number of aromatic hydroxyl groups is 1. The van der Waals surface area contributed by atoms with Gasteiger partial charge in [0, 0.05) is 6.07 Å². The Bertz CT molecular complexity index is 796. The van der Waals surface area contributed by atoms with Crippen LogP contribution in [0.2, 0.25) is 0 Å². The molecule has 5 heteroatoms. The molecule has 0 spiro atoms. The summed E-state index contributed by atoms with van der Waals surface area (Å²) in [6, 6.07) is 12.9. The number of ether oxygens (including phenoxy) is 1. The molecule has 0 aliphatic heterocycles. The van der Waals surface area contributed by atoms with E-state index in [0.717, 1.165) is 23.9 Å². The molecule has 0 aliphatic carbocycles. The fraction of sp³-hybridized carbons (Fsp3) is 0.400. The van der Waals surface area contributed by atoms with Gasteiger partial charge in [0.15, 0.2) is 0 Å². The molecule has 25 heavy (non-hydrogen) atoms. The van der Waals surface area contributed by atoms with Gasteiger partial charge in [-0.15, -0.1) is 15.0 Å². The van der Waals surface area contributed by atoms with E-state index in [4.69, 9.17) is 4.74 Å². The topological polar surface area (TPSA) is 60.2 Å². The number of rotatable bonds is 8. The molecule has 0 amide bonds. The molecule has 3 aromatic rings. The highest BCUT2D eigenvalue weighted by Crippen LogP contribution is 2.28. The first-order chi connectivity index (χ1) is 12.2. The summed E-state index contributed by atoms with van der Waals surface area (Å²) in [6.45, 7) is 4.33. The Hall–Kier alpha value is -2.56. The van der Waals surface area contributed by atoms with Gasteiger partial charge in [-0.25, -0.2) is 0 Å². The van der Waals surface area contributed by atoms with E-state index in [9.17, 15) is 5.11 Å². The molecule has 0 bridgehead atoms. The van der Waals surface area contributed by atoms with Crippen LogP contribution in [0.3, 0.4) is 0 Å². The average molecular weight is 339 g/mol. The fourth-order valence-electron chi connectivity index (χ4n) is 2.87. The number of unbranched alkanes of at least 4 members (excludes halogenated alkanes) is 2. The molecule has 0 saturated carbocycles. The van der Waals surface area contributed by atoms with Crippen LogP contribution in [0.4, 0.5) is 0 Å². The van der Waals surface area contributed by atoms with Gasteiger partial charge >= 0.3 is 0 Å². The van der Waals surface area contributed by atoms with Gasteiger partial charge in [0.05, 0.1) is 6.10 Å². The standard InChI is InChI=1S/C20H25N3O2/c1-3-5-6-9-15(4-2)25-16-12-13-19(20(24)14-16)23-21-17-10-7-8-11-18(17)22-23/h7-8,10-15,24H,3-6,9H2,1-2H3/t15-/m1/s1. The minimum absolute atomic E-state index is 0.112. The molecule has 0 fully saturated rings. The number of nitrogens with zero attached hydrogens (tertiary/aromatic N) is 3. The second kappa shape index (κ2) is 8.01. The molecular formula is C20H25N3O2. The van der Waals surface area contributed by atoms with Crippen LogP contribution >= 0.6 is 0 Å². The maximum absolute atomic E-state index is 10.4. The first-order valence-corrected chi connectivity index (χ1v) is 9.03. The molecule has 0 aliphatic rings. The largest absolute Gasteiger partial charge is 0.505 e. The summed E-state index contributed by atoms with van der Waals surface area (Å²) in [6.07, 6.45) is 5.78. The van der Waals surface area contributed by atoms with Crippen molar-refractivity contribution in [1.29, 1.82) is 0 Å². The summed E-state index contributed by atoms with van der Waals surface area (Å²) in [5, 5.41) is 19.2. The van der Waals surface area contributed by atoms with Crippen LogP contribution in [-0.2, 0) is 0 Å². The van der Waals surface area contributed by atoms with Gasteiger partial charge < -0.3 is 9.84 Å². The minimum Gasteiger partial charge on any atom is -0.505 e. The van der Waals surface area contributed by atoms with Crippen LogP contribution in [0.15, 0.2) is 42.5 Å². The van der Waals surface area contributed by atoms with Gasteiger partial charge in [0.1, 0.15) is 28.2 Å². The lowest BCUT2D eigenvalue weighted by molar-refractivity contribution is 0.182. The van der Waals surface area contributed by atoms with Gasteiger partial charge in [-0.2, -0.15) is 0 Å². The van der Waals surface area contributed by atoms with Crippen molar-refractivity contribution in [3.05, 3.63) is 42.5 Å². The number of hydrogen-bond donors (Lipinski definition) is 1. The zero-order valence-electron chi connectivity index (χ0n) is 14.9. The zero-order chi connectivity index (χ0) is 17.6. The SMILES string of the molecule is CCCCC[C@@H](CC)Oc1ccc(-n2nc3ccccc3n2)c(O)c1. The van der Waals surface area contributed by atoms with E-state index >= 15 is 0 Å². The smallest absolute Gasteiger partial charge is 0.146 e. The lowest BCUT2D eigenvalue weighted by atomic mass is 10.1. The number of fused-ring (bicyclic) bond motifs is 1. The van der Waals surface area contributed by atoms with Crippen molar-refractivity contribution in [2.24, 2.45) is 0 Å². The summed E-state index contributed by atoms with van der Waals surface area (Å²) in [7, 11) is 0. The van der Waals surface area contributed by atoms with Crippen molar-refractivity contribution < 1.29 is 9.84 Å². The van der Waals surface area contributed by atoms with Crippen molar-refractivity contribution in [2.45, 2.75) is 52.1 Å². The molecule has 3 rings (SSSR count). The molecule has 132 valence electrons. The Morgan fingerprint density at radius 1 is 1.04 bits per heavy atom. The quantitative estimate of drug-likeness (QED) is 0.595. The number of phenols is 1. The summed E-state index contributed by atoms with van der Waals surface area (Å²) in [5.74, 6) is 0.794. The summed E-state index contributed by atoms with van der Waals surface area (Å²) in [4.78, 5) is 1.46. The molecule has 2 aromatic carbocycles. The Morgan fingerprint density at radius 3 is 2.36 bits per heavy atom. The molecule has 1 atom stereocenters. The normalized spacial score (nSPS) is 12.4. The monoisotopic (exact) mass is 339 g/mol. The number of phenolic OH excluding ortho intramolecular Hbond substituents is 1. The molecule has 0 radical (unpaired) electrons. The Balaban J connectivity index is 1.76. The third-order valence-corrected chi connectivity index (χ3v) is 4.34. The van der Waals surface area contributed by atoms with Crippen LogP contribution in [0, 0.1) is 0 Å². The van der Waals surface area contributed by atoms with Gasteiger partial charge in [0.25, 0.3) is 0 Å². The highest BCUT2D eigenvalue weighted by molar-refractivity contribution is 5.73. The van der Waals surface area contributed by atoms with Gasteiger partial charge in [-0.1, -0.05) is 38.8 Å². The molecular weight excluding hydrogens is 314 g/mol. The summed E-state index contributed by atoms with van der Waals surface area (Å²) >= 11 is 0. The van der Waals surface area contributed by atoms with E-state index in [2.05, 4.69) is 24.0 Å². The van der Waals surface area contributed by atoms with E-state index in [0.29, 0.717) is 11.4 Å². The highest BCUT2D eigenvalue weighted by atomic mass is 16.5. The molecule has 1 heterocycles. The Kier molecular flexibility index (Phi) is 5.53. The second-order valence-corrected chi connectivity index (χ2v) is 6.27. The van der Waals surface area contributed by atoms with Crippen LogP contribution < -0.4 is 4.74 Å². The number of hydrogen-bond acceptors (Lipinski definition) is 4. The lowest BCUT2D eigenvalue weighted by Crippen LogP contribution is -2.15. The van der Waals surface area contributed by atoms with Crippen molar-refractivity contribution in [3.8, 4) is 17.2 Å². The third kappa shape index (κ3) is 4.10. The van der Waals surface area contributed by atoms with Crippen molar-refractivity contribution in [2.75, 3.05) is 0 Å². The first kappa shape index (κ1) is 17.3. The third-order valence-electron chi connectivity index (χ3n) is 4.34. The van der Waals surface area contributed by atoms with Crippen LogP contribution in [0.25, 0.3) is 16.7 Å². The molecule has 1 N–H and O–H groups in total. The predicted octanol–water partition coefficient (Wildman–Crippen LogP) is 4.86. The van der Waals surface area contributed by atoms with Gasteiger partial charge in [-0.05, 0) is 43.5 Å². The van der Waals surface area contributed by atoms with E-state index in [1.54, 1.807) is 12.1 Å². The van der Waals surface area contributed by atoms with E-state index in [1.807, 2.05) is 30.3 Å². The Morgan fingerprint density at radius 2 is 1.76 bits per heavy atom. The minimum atomic E-state index is 0.112. The van der Waals surface area contributed by atoms with Gasteiger partial charge in [-0.3, -0.25) is 0 Å². The summed E-state index contributed by atoms with van der Waals surface area (Å²) < 4.78 is 6.03. The summed E-state index contributed by atoms with van der Waals surface area (Å²) in [5.41, 5.74) is 2.14. The first-order valence-electron chi connectivity index (χ1n) is 9.03. The Labute approximate surface area is 148 Å². The fourth-order valence-corrected chi connectivity index (χ4v) is 2.87. The van der Waals surface area contributed by atoms with Gasteiger partial charge in [0.2, 0.25) is 0 Å². The van der Waals surface area contributed by atoms with Crippen molar-refractivity contribution in [3.63, 3.8) is 0 Å². The van der Waals surface area contributed by atoms with Crippen LogP contribution in [-0.4, -0.2) is 26.2 Å². The molecule has 1 aromatic heterocycles. The van der Waals surface area contributed by atoms with Crippen LogP contribution in [0.1, 0.15) is 46.0 Å². The number of benzene rings is 2. The van der Waals surface area contributed by atoms with Crippen molar-refractivity contribution >= 4 is 11.0 Å². The molecule has 0 saturated heterocycles. The highest BCUT2D eigenvalue weighted by Gasteiger charge is 2.12. The lowest BCUT2D eigenvalue weighted by Gasteiger charge is -2.18. The van der Waals surface area contributed by atoms with Crippen LogP contribution in [0.5, 0.6) is 11.5 Å². The maximum Gasteiger partial charge on any atom is 0.146 e. The van der Waals surface area contributed by atoms with Crippen molar-refractivity contribution in [1.82, 2.24) is 15.0 Å². The predicted molar refractivity (Wildman–Crippen MR) is 99.4 cm³/mol. The number of aromatic nitrogens is 3.